The second-order valence-corrected chi connectivity index (χ2v) is 6.05. The molecule has 3 rings (SSSR count). The standard InChI is InChI=1S/C16H21N3O4/c1-11-3-2-6-19(8-11)9-15(20)18-16(21)17-12-4-5-13-14(7-12)23-10-22-13/h4-5,7,11H,2-3,6,8-10H2,1H3,(H2,17,18,20,21)/t11-/m1/s1. The summed E-state index contributed by atoms with van der Waals surface area (Å²) in [6.45, 7) is 4.41. The lowest BCUT2D eigenvalue weighted by Crippen LogP contribution is -2.44. The molecule has 0 saturated carbocycles. The number of benzene rings is 1. The second-order valence-electron chi connectivity index (χ2n) is 6.05. The number of carbonyl (C=O) groups excluding carboxylic acids is 2. The number of carbonyl (C=O) groups is 2. The van der Waals surface area contributed by atoms with E-state index in [-0.39, 0.29) is 19.2 Å². The molecule has 0 radical (unpaired) electrons. The van der Waals surface area contributed by atoms with E-state index in [0.29, 0.717) is 23.1 Å². The van der Waals surface area contributed by atoms with Gasteiger partial charge in [-0.2, -0.15) is 0 Å². The third-order valence-corrected chi connectivity index (χ3v) is 3.99. The van der Waals surface area contributed by atoms with Crippen molar-refractivity contribution >= 4 is 17.6 Å². The number of likely N-dealkylation sites (tertiary alicyclic amines) is 1. The number of piperidine rings is 1. The first kappa shape index (κ1) is 15.6. The molecule has 0 aliphatic carbocycles. The van der Waals surface area contributed by atoms with Crippen LogP contribution in [0.25, 0.3) is 0 Å². The highest BCUT2D eigenvalue weighted by atomic mass is 16.7. The van der Waals surface area contributed by atoms with E-state index in [2.05, 4.69) is 22.5 Å². The second kappa shape index (κ2) is 6.87. The summed E-state index contributed by atoms with van der Waals surface area (Å²) in [6.07, 6.45) is 2.29. The molecule has 0 bridgehead atoms. The summed E-state index contributed by atoms with van der Waals surface area (Å²) in [5.74, 6) is 1.53. The van der Waals surface area contributed by atoms with Gasteiger partial charge in [-0.1, -0.05) is 6.92 Å². The molecule has 2 N–H and O–H groups in total. The Bertz CT molecular complexity index is 605. The molecule has 2 heterocycles. The number of amides is 3. The van der Waals surface area contributed by atoms with E-state index in [1.807, 2.05) is 0 Å². The van der Waals surface area contributed by atoms with Crippen molar-refractivity contribution in [1.29, 1.82) is 0 Å². The molecule has 3 amide bonds. The Morgan fingerprint density at radius 1 is 1.30 bits per heavy atom. The smallest absolute Gasteiger partial charge is 0.325 e. The lowest BCUT2D eigenvalue weighted by molar-refractivity contribution is -0.121. The third-order valence-electron chi connectivity index (χ3n) is 3.99. The predicted octanol–water partition coefficient (Wildman–Crippen LogP) is 1.80. The van der Waals surface area contributed by atoms with Crippen molar-refractivity contribution < 1.29 is 19.1 Å². The zero-order valence-electron chi connectivity index (χ0n) is 13.1. The van der Waals surface area contributed by atoms with Gasteiger partial charge in [0.25, 0.3) is 0 Å². The molecular formula is C16H21N3O4. The summed E-state index contributed by atoms with van der Waals surface area (Å²) in [5.41, 5.74) is 0.547. The van der Waals surface area contributed by atoms with Crippen molar-refractivity contribution in [2.24, 2.45) is 5.92 Å². The molecule has 23 heavy (non-hydrogen) atoms. The Hall–Kier alpha value is -2.28. The van der Waals surface area contributed by atoms with E-state index in [4.69, 9.17) is 9.47 Å². The van der Waals surface area contributed by atoms with Gasteiger partial charge in [-0.3, -0.25) is 15.0 Å². The van der Waals surface area contributed by atoms with Gasteiger partial charge < -0.3 is 14.8 Å². The van der Waals surface area contributed by atoms with Gasteiger partial charge in [0.2, 0.25) is 12.7 Å². The van der Waals surface area contributed by atoms with Crippen LogP contribution in [-0.2, 0) is 4.79 Å². The largest absolute Gasteiger partial charge is 0.454 e. The zero-order valence-corrected chi connectivity index (χ0v) is 13.1. The Kier molecular flexibility index (Phi) is 4.66. The molecule has 7 heteroatoms. The van der Waals surface area contributed by atoms with Crippen molar-refractivity contribution in [3.8, 4) is 11.5 Å². The quantitative estimate of drug-likeness (QED) is 0.888. The van der Waals surface area contributed by atoms with E-state index >= 15 is 0 Å². The van der Waals surface area contributed by atoms with E-state index < -0.39 is 6.03 Å². The number of fused-ring (bicyclic) bond motifs is 1. The van der Waals surface area contributed by atoms with Crippen molar-refractivity contribution in [1.82, 2.24) is 10.2 Å². The van der Waals surface area contributed by atoms with Crippen molar-refractivity contribution in [2.45, 2.75) is 19.8 Å². The maximum absolute atomic E-state index is 11.9. The Labute approximate surface area is 134 Å². The Morgan fingerprint density at radius 3 is 2.96 bits per heavy atom. The number of hydrogen-bond donors (Lipinski definition) is 2. The Morgan fingerprint density at radius 2 is 2.13 bits per heavy atom. The fourth-order valence-corrected chi connectivity index (χ4v) is 2.94. The van der Waals surface area contributed by atoms with E-state index in [1.54, 1.807) is 18.2 Å². The van der Waals surface area contributed by atoms with Crippen LogP contribution in [0.2, 0.25) is 0 Å². The van der Waals surface area contributed by atoms with Crippen LogP contribution in [0.1, 0.15) is 19.8 Å². The zero-order chi connectivity index (χ0) is 16.2. The molecule has 1 fully saturated rings. The number of hydrogen-bond acceptors (Lipinski definition) is 5. The topological polar surface area (TPSA) is 79.9 Å². The van der Waals surface area contributed by atoms with Crippen LogP contribution in [0.3, 0.4) is 0 Å². The maximum atomic E-state index is 11.9. The Balaban J connectivity index is 1.48. The maximum Gasteiger partial charge on any atom is 0.325 e. The molecule has 0 unspecified atom stereocenters. The summed E-state index contributed by atoms with van der Waals surface area (Å²) in [7, 11) is 0. The first-order valence-corrected chi connectivity index (χ1v) is 7.83. The van der Waals surface area contributed by atoms with Crippen LogP contribution in [0.15, 0.2) is 18.2 Å². The highest BCUT2D eigenvalue weighted by Gasteiger charge is 2.20. The monoisotopic (exact) mass is 319 g/mol. The fraction of sp³-hybridized carbons (Fsp3) is 0.500. The lowest BCUT2D eigenvalue weighted by atomic mass is 10.0. The summed E-state index contributed by atoms with van der Waals surface area (Å²) in [4.78, 5) is 25.9. The first-order chi connectivity index (χ1) is 11.1. The van der Waals surface area contributed by atoms with Gasteiger partial charge >= 0.3 is 6.03 Å². The van der Waals surface area contributed by atoms with Crippen LogP contribution in [0.4, 0.5) is 10.5 Å². The average Bonchev–Trinajstić information content (AvgIpc) is 2.94. The number of nitrogens with zero attached hydrogens (tertiary/aromatic N) is 1. The summed E-state index contributed by atoms with van der Waals surface area (Å²) in [5, 5.41) is 4.98. The molecule has 1 aromatic carbocycles. The minimum Gasteiger partial charge on any atom is -0.454 e. The molecule has 0 aromatic heterocycles. The van der Waals surface area contributed by atoms with Gasteiger partial charge in [-0.25, -0.2) is 4.79 Å². The van der Waals surface area contributed by atoms with Gasteiger partial charge in [0.1, 0.15) is 0 Å². The molecule has 1 atom stereocenters. The first-order valence-electron chi connectivity index (χ1n) is 7.83. The number of anilines is 1. The van der Waals surface area contributed by atoms with Gasteiger partial charge in [-0.05, 0) is 37.4 Å². The molecule has 2 aliphatic heterocycles. The van der Waals surface area contributed by atoms with Gasteiger partial charge in [0.15, 0.2) is 11.5 Å². The lowest BCUT2D eigenvalue weighted by Gasteiger charge is -2.29. The fourth-order valence-electron chi connectivity index (χ4n) is 2.94. The van der Waals surface area contributed by atoms with Crippen LogP contribution in [0.5, 0.6) is 11.5 Å². The van der Waals surface area contributed by atoms with Crippen molar-refractivity contribution in [3.63, 3.8) is 0 Å². The van der Waals surface area contributed by atoms with Crippen LogP contribution in [0, 0.1) is 5.92 Å². The van der Waals surface area contributed by atoms with E-state index in [9.17, 15) is 9.59 Å². The molecule has 7 nitrogen and oxygen atoms in total. The molecule has 124 valence electrons. The van der Waals surface area contributed by atoms with Gasteiger partial charge in [0, 0.05) is 18.3 Å². The minimum absolute atomic E-state index is 0.178. The molecule has 2 aliphatic rings. The van der Waals surface area contributed by atoms with Crippen LogP contribution < -0.4 is 20.1 Å². The SMILES string of the molecule is C[C@@H]1CCCN(CC(=O)NC(=O)Nc2ccc3c(c2)OCO3)C1. The number of urea groups is 1. The molecular weight excluding hydrogens is 298 g/mol. The number of nitrogens with one attached hydrogen (secondary N) is 2. The van der Waals surface area contributed by atoms with E-state index in [0.717, 1.165) is 19.5 Å². The molecule has 1 saturated heterocycles. The van der Waals surface area contributed by atoms with Gasteiger partial charge in [-0.15, -0.1) is 0 Å². The highest BCUT2D eigenvalue weighted by Crippen LogP contribution is 2.34. The van der Waals surface area contributed by atoms with Crippen molar-refractivity contribution in [2.75, 3.05) is 31.7 Å². The van der Waals surface area contributed by atoms with Gasteiger partial charge in [0.05, 0.1) is 6.54 Å². The van der Waals surface area contributed by atoms with E-state index in [1.165, 1.54) is 6.42 Å². The number of imide groups is 1. The summed E-state index contributed by atoms with van der Waals surface area (Å²) >= 11 is 0. The normalized spacial score (nSPS) is 20.1. The number of ether oxygens (including phenoxy) is 2. The predicted molar refractivity (Wildman–Crippen MR) is 84.6 cm³/mol. The number of rotatable bonds is 3. The summed E-state index contributed by atoms with van der Waals surface area (Å²) in [6, 6.07) is 4.54. The molecule has 1 aromatic rings. The summed E-state index contributed by atoms with van der Waals surface area (Å²) < 4.78 is 10.5. The third kappa shape index (κ3) is 4.13. The highest BCUT2D eigenvalue weighted by molar-refractivity contribution is 6.01. The molecule has 0 spiro atoms. The minimum atomic E-state index is -0.543. The van der Waals surface area contributed by atoms with Crippen molar-refractivity contribution in [3.05, 3.63) is 18.2 Å². The van der Waals surface area contributed by atoms with Crippen LogP contribution in [-0.4, -0.2) is 43.3 Å². The average molecular weight is 319 g/mol. The van der Waals surface area contributed by atoms with Crippen LogP contribution >= 0.6 is 0 Å².